The molecule has 0 aliphatic rings. The van der Waals surface area contributed by atoms with Gasteiger partial charge in [0.2, 0.25) is 0 Å². The second kappa shape index (κ2) is 6.52. The van der Waals surface area contributed by atoms with E-state index in [0.29, 0.717) is 11.6 Å². The van der Waals surface area contributed by atoms with Gasteiger partial charge in [-0.25, -0.2) is 4.98 Å². The van der Waals surface area contributed by atoms with Crippen LogP contribution in [-0.2, 0) is 4.79 Å². The molecule has 0 radical (unpaired) electrons. The lowest BCUT2D eigenvalue weighted by Crippen LogP contribution is -2.21. The Balaban J connectivity index is 1.96. The van der Waals surface area contributed by atoms with Gasteiger partial charge in [0.05, 0.1) is 0 Å². The summed E-state index contributed by atoms with van der Waals surface area (Å²) >= 11 is 3.50. The standard InChI is InChI=1S/C15H15BrN2O2/c1-10-6-7-12(11(2)15(10)16)20-9-14(19)18-13-5-3-4-8-17-13/h3-8H,9H2,1-2H3,(H,17,18,19). The van der Waals surface area contributed by atoms with E-state index < -0.39 is 0 Å². The molecule has 104 valence electrons. The number of benzene rings is 1. The van der Waals surface area contributed by atoms with Crippen LogP contribution in [0.1, 0.15) is 11.1 Å². The molecule has 0 bridgehead atoms. The van der Waals surface area contributed by atoms with E-state index in [1.165, 1.54) is 0 Å². The first-order valence-electron chi connectivity index (χ1n) is 6.17. The third kappa shape index (κ3) is 3.57. The average molecular weight is 335 g/mol. The first kappa shape index (κ1) is 14.5. The summed E-state index contributed by atoms with van der Waals surface area (Å²) in [5, 5.41) is 2.67. The summed E-state index contributed by atoms with van der Waals surface area (Å²) in [6, 6.07) is 9.14. The number of pyridine rings is 1. The number of anilines is 1. The van der Waals surface area contributed by atoms with Crippen LogP contribution in [0.25, 0.3) is 0 Å². The largest absolute Gasteiger partial charge is 0.483 e. The molecule has 4 nitrogen and oxygen atoms in total. The number of hydrogen-bond acceptors (Lipinski definition) is 3. The number of amides is 1. The van der Waals surface area contributed by atoms with Crippen molar-refractivity contribution in [3.8, 4) is 5.75 Å². The summed E-state index contributed by atoms with van der Waals surface area (Å²) in [5.41, 5.74) is 2.11. The Morgan fingerprint density at radius 1 is 1.30 bits per heavy atom. The van der Waals surface area contributed by atoms with Crippen LogP contribution in [0, 0.1) is 13.8 Å². The molecule has 1 heterocycles. The molecule has 0 aliphatic heterocycles. The first-order valence-corrected chi connectivity index (χ1v) is 6.96. The second-order valence-electron chi connectivity index (χ2n) is 4.37. The highest BCUT2D eigenvalue weighted by Crippen LogP contribution is 2.28. The van der Waals surface area contributed by atoms with E-state index in [-0.39, 0.29) is 12.5 Å². The predicted molar refractivity (Wildman–Crippen MR) is 82.0 cm³/mol. The summed E-state index contributed by atoms with van der Waals surface area (Å²) in [7, 11) is 0. The summed E-state index contributed by atoms with van der Waals surface area (Å²) in [4.78, 5) is 15.8. The van der Waals surface area contributed by atoms with Crippen molar-refractivity contribution in [3.63, 3.8) is 0 Å². The summed E-state index contributed by atoms with van der Waals surface area (Å²) < 4.78 is 6.54. The van der Waals surface area contributed by atoms with Gasteiger partial charge in [0.15, 0.2) is 6.61 Å². The normalized spacial score (nSPS) is 10.2. The molecule has 1 N–H and O–H groups in total. The molecule has 0 unspecified atom stereocenters. The van der Waals surface area contributed by atoms with Crippen molar-refractivity contribution >= 4 is 27.7 Å². The molecule has 0 fully saturated rings. The Morgan fingerprint density at radius 2 is 2.10 bits per heavy atom. The topological polar surface area (TPSA) is 51.2 Å². The van der Waals surface area contributed by atoms with E-state index in [0.717, 1.165) is 15.6 Å². The Labute approximate surface area is 126 Å². The Kier molecular flexibility index (Phi) is 4.74. The van der Waals surface area contributed by atoms with Gasteiger partial charge in [-0.05, 0) is 37.6 Å². The van der Waals surface area contributed by atoms with E-state index in [4.69, 9.17) is 4.74 Å². The minimum atomic E-state index is -0.236. The Morgan fingerprint density at radius 3 is 2.80 bits per heavy atom. The fourth-order valence-electron chi connectivity index (χ4n) is 1.72. The molecule has 1 aromatic heterocycles. The lowest BCUT2D eigenvalue weighted by Gasteiger charge is -2.11. The predicted octanol–water partition coefficient (Wildman–Crippen LogP) is 3.48. The van der Waals surface area contributed by atoms with Gasteiger partial charge in [0.25, 0.3) is 5.91 Å². The van der Waals surface area contributed by atoms with Crippen LogP contribution in [0.15, 0.2) is 41.0 Å². The van der Waals surface area contributed by atoms with Gasteiger partial charge in [0.1, 0.15) is 11.6 Å². The Hall–Kier alpha value is -1.88. The van der Waals surface area contributed by atoms with Gasteiger partial charge < -0.3 is 10.1 Å². The van der Waals surface area contributed by atoms with Crippen molar-refractivity contribution in [1.29, 1.82) is 0 Å². The van der Waals surface area contributed by atoms with Gasteiger partial charge in [-0.15, -0.1) is 0 Å². The number of carbonyl (C=O) groups is 1. The quantitative estimate of drug-likeness (QED) is 0.931. The van der Waals surface area contributed by atoms with Gasteiger partial charge in [-0.3, -0.25) is 4.79 Å². The number of halogens is 1. The molecular formula is C15H15BrN2O2. The average Bonchev–Trinajstić information content (AvgIpc) is 2.45. The minimum Gasteiger partial charge on any atom is -0.483 e. The monoisotopic (exact) mass is 334 g/mol. The van der Waals surface area contributed by atoms with E-state index >= 15 is 0 Å². The third-order valence-electron chi connectivity index (χ3n) is 2.82. The van der Waals surface area contributed by atoms with Crippen molar-refractivity contribution in [2.45, 2.75) is 13.8 Å². The molecule has 1 aromatic carbocycles. The molecule has 0 atom stereocenters. The van der Waals surface area contributed by atoms with E-state index in [1.54, 1.807) is 18.3 Å². The maximum atomic E-state index is 11.8. The summed E-state index contributed by atoms with van der Waals surface area (Å²) in [6.45, 7) is 3.91. The number of nitrogens with one attached hydrogen (secondary N) is 1. The van der Waals surface area contributed by atoms with E-state index in [1.807, 2.05) is 32.0 Å². The van der Waals surface area contributed by atoms with Crippen molar-refractivity contribution in [2.75, 3.05) is 11.9 Å². The molecule has 1 amide bonds. The van der Waals surface area contributed by atoms with Gasteiger partial charge in [0, 0.05) is 16.2 Å². The number of carbonyl (C=O) groups excluding carboxylic acids is 1. The minimum absolute atomic E-state index is 0.0487. The van der Waals surface area contributed by atoms with Crippen LogP contribution in [0.5, 0.6) is 5.75 Å². The van der Waals surface area contributed by atoms with Crippen LogP contribution < -0.4 is 10.1 Å². The first-order chi connectivity index (χ1) is 9.58. The highest BCUT2D eigenvalue weighted by molar-refractivity contribution is 9.10. The van der Waals surface area contributed by atoms with Crippen molar-refractivity contribution in [1.82, 2.24) is 4.98 Å². The van der Waals surface area contributed by atoms with Gasteiger partial charge in [-0.1, -0.05) is 28.1 Å². The molecule has 2 aromatic rings. The Bertz CT molecular complexity index is 615. The van der Waals surface area contributed by atoms with Crippen LogP contribution >= 0.6 is 15.9 Å². The zero-order chi connectivity index (χ0) is 14.5. The number of rotatable bonds is 4. The number of aryl methyl sites for hydroxylation is 1. The molecular weight excluding hydrogens is 320 g/mol. The third-order valence-corrected chi connectivity index (χ3v) is 4.04. The molecule has 0 aliphatic carbocycles. The highest BCUT2D eigenvalue weighted by Gasteiger charge is 2.09. The van der Waals surface area contributed by atoms with Gasteiger partial charge >= 0.3 is 0 Å². The number of nitrogens with zero attached hydrogens (tertiary/aromatic N) is 1. The van der Waals surface area contributed by atoms with Crippen LogP contribution in [0.4, 0.5) is 5.82 Å². The van der Waals surface area contributed by atoms with Gasteiger partial charge in [-0.2, -0.15) is 0 Å². The van der Waals surface area contributed by atoms with Crippen molar-refractivity contribution in [2.24, 2.45) is 0 Å². The number of ether oxygens (including phenoxy) is 1. The van der Waals surface area contributed by atoms with Crippen LogP contribution in [-0.4, -0.2) is 17.5 Å². The lowest BCUT2D eigenvalue weighted by molar-refractivity contribution is -0.118. The van der Waals surface area contributed by atoms with Crippen LogP contribution in [0.2, 0.25) is 0 Å². The SMILES string of the molecule is Cc1ccc(OCC(=O)Nc2ccccn2)c(C)c1Br. The summed E-state index contributed by atoms with van der Waals surface area (Å²) in [5.74, 6) is 0.973. The second-order valence-corrected chi connectivity index (χ2v) is 5.16. The fraction of sp³-hybridized carbons (Fsp3) is 0.200. The van der Waals surface area contributed by atoms with Crippen LogP contribution in [0.3, 0.4) is 0 Å². The smallest absolute Gasteiger partial charge is 0.263 e. The van der Waals surface area contributed by atoms with E-state index in [2.05, 4.69) is 26.2 Å². The molecule has 0 saturated heterocycles. The zero-order valence-electron chi connectivity index (χ0n) is 11.3. The lowest BCUT2D eigenvalue weighted by atomic mass is 10.1. The molecule has 20 heavy (non-hydrogen) atoms. The summed E-state index contributed by atoms with van der Waals surface area (Å²) in [6.07, 6.45) is 1.62. The molecule has 2 rings (SSSR count). The maximum absolute atomic E-state index is 11.8. The number of aromatic nitrogens is 1. The van der Waals surface area contributed by atoms with Crippen molar-refractivity contribution < 1.29 is 9.53 Å². The van der Waals surface area contributed by atoms with E-state index in [9.17, 15) is 4.79 Å². The fourth-order valence-corrected chi connectivity index (χ4v) is 2.05. The number of hydrogen-bond donors (Lipinski definition) is 1. The maximum Gasteiger partial charge on any atom is 0.263 e. The molecule has 0 saturated carbocycles. The molecule has 0 spiro atoms. The molecule has 5 heteroatoms. The zero-order valence-corrected chi connectivity index (χ0v) is 12.9. The van der Waals surface area contributed by atoms with Crippen molar-refractivity contribution in [3.05, 3.63) is 52.1 Å². The highest BCUT2D eigenvalue weighted by atomic mass is 79.9.